The molecule has 1 aliphatic rings. The summed E-state index contributed by atoms with van der Waals surface area (Å²) in [6.45, 7) is 2.93. The number of methoxy groups -OCH3 is 1. The number of aromatic nitrogens is 1. The van der Waals surface area contributed by atoms with Crippen LogP contribution in [0.5, 0.6) is 0 Å². The van der Waals surface area contributed by atoms with Crippen molar-refractivity contribution in [1.82, 2.24) is 9.88 Å². The Kier molecular flexibility index (Phi) is 5.13. The van der Waals surface area contributed by atoms with E-state index in [9.17, 15) is 13.6 Å². The molecule has 1 aliphatic heterocycles. The van der Waals surface area contributed by atoms with E-state index in [1.807, 2.05) is 4.90 Å². The van der Waals surface area contributed by atoms with Gasteiger partial charge in [-0.2, -0.15) is 0 Å². The fourth-order valence-electron chi connectivity index (χ4n) is 3.15. The van der Waals surface area contributed by atoms with Crippen molar-refractivity contribution in [2.45, 2.75) is 38.8 Å². The SMILES string of the molecule is COC(=O)[C@H]1CCCCN1Cc1nc(-c2cc(F)cc(F)c2)oc1C. The van der Waals surface area contributed by atoms with Gasteiger partial charge in [0.05, 0.1) is 12.8 Å². The Morgan fingerprint density at radius 2 is 2.04 bits per heavy atom. The maximum Gasteiger partial charge on any atom is 0.323 e. The Balaban J connectivity index is 1.83. The number of hydrogen-bond acceptors (Lipinski definition) is 5. The van der Waals surface area contributed by atoms with E-state index in [2.05, 4.69) is 4.98 Å². The number of carbonyl (C=O) groups excluding carboxylic acids is 1. The van der Waals surface area contributed by atoms with Gasteiger partial charge in [-0.25, -0.2) is 13.8 Å². The first-order valence-electron chi connectivity index (χ1n) is 8.22. The molecule has 0 spiro atoms. The number of carbonyl (C=O) groups is 1. The molecule has 1 aromatic heterocycles. The lowest BCUT2D eigenvalue weighted by Gasteiger charge is -2.33. The molecule has 3 rings (SSSR count). The van der Waals surface area contributed by atoms with Crippen molar-refractivity contribution in [3.63, 3.8) is 0 Å². The van der Waals surface area contributed by atoms with Gasteiger partial charge in [0.25, 0.3) is 0 Å². The summed E-state index contributed by atoms with van der Waals surface area (Å²) in [6, 6.07) is 2.85. The Labute approximate surface area is 144 Å². The first-order valence-corrected chi connectivity index (χ1v) is 8.22. The molecule has 0 saturated carbocycles. The van der Waals surface area contributed by atoms with Gasteiger partial charge in [0.1, 0.15) is 23.4 Å². The van der Waals surface area contributed by atoms with E-state index < -0.39 is 11.6 Å². The Morgan fingerprint density at radius 3 is 2.72 bits per heavy atom. The number of ether oxygens (including phenoxy) is 1. The average Bonchev–Trinajstić information content (AvgIpc) is 2.95. The van der Waals surface area contributed by atoms with Crippen LogP contribution in [0.15, 0.2) is 22.6 Å². The van der Waals surface area contributed by atoms with Crippen LogP contribution in [0.25, 0.3) is 11.5 Å². The maximum atomic E-state index is 13.4. The fourth-order valence-corrected chi connectivity index (χ4v) is 3.15. The molecular weight excluding hydrogens is 330 g/mol. The number of rotatable bonds is 4. The average molecular weight is 350 g/mol. The van der Waals surface area contributed by atoms with Crippen molar-refractivity contribution in [3.05, 3.63) is 41.3 Å². The first-order chi connectivity index (χ1) is 12.0. The van der Waals surface area contributed by atoms with Gasteiger partial charge in [-0.3, -0.25) is 9.69 Å². The van der Waals surface area contributed by atoms with Gasteiger partial charge in [-0.1, -0.05) is 6.42 Å². The van der Waals surface area contributed by atoms with Crippen molar-refractivity contribution in [1.29, 1.82) is 0 Å². The highest BCUT2D eigenvalue weighted by Gasteiger charge is 2.30. The van der Waals surface area contributed by atoms with E-state index in [4.69, 9.17) is 9.15 Å². The minimum Gasteiger partial charge on any atom is -0.468 e. The van der Waals surface area contributed by atoms with Gasteiger partial charge >= 0.3 is 5.97 Å². The molecule has 1 fully saturated rings. The molecule has 1 atom stereocenters. The van der Waals surface area contributed by atoms with Crippen molar-refractivity contribution in [2.24, 2.45) is 0 Å². The normalized spacial score (nSPS) is 18.3. The molecule has 0 unspecified atom stereocenters. The van der Waals surface area contributed by atoms with Crippen molar-refractivity contribution < 1.29 is 22.7 Å². The second-order valence-electron chi connectivity index (χ2n) is 6.19. The van der Waals surface area contributed by atoms with Gasteiger partial charge in [0.2, 0.25) is 5.89 Å². The molecule has 5 nitrogen and oxygen atoms in total. The molecule has 2 heterocycles. The van der Waals surface area contributed by atoms with Gasteiger partial charge in [-0.05, 0) is 38.4 Å². The van der Waals surface area contributed by atoms with Crippen LogP contribution in [0.1, 0.15) is 30.7 Å². The number of oxazole rings is 1. The van der Waals surface area contributed by atoms with Gasteiger partial charge in [-0.15, -0.1) is 0 Å². The third kappa shape index (κ3) is 3.87. The number of benzene rings is 1. The zero-order valence-electron chi connectivity index (χ0n) is 14.2. The summed E-state index contributed by atoms with van der Waals surface area (Å²) in [6.07, 6.45) is 2.71. The molecule has 2 aromatic rings. The second-order valence-corrected chi connectivity index (χ2v) is 6.19. The highest BCUT2D eigenvalue weighted by molar-refractivity contribution is 5.75. The van der Waals surface area contributed by atoms with Crippen LogP contribution in [0.3, 0.4) is 0 Å². The molecule has 1 saturated heterocycles. The molecule has 0 N–H and O–H groups in total. The maximum absolute atomic E-state index is 13.4. The summed E-state index contributed by atoms with van der Waals surface area (Å²) in [5, 5.41) is 0. The number of hydrogen-bond donors (Lipinski definition) is 0. The highest BCUT2D eigenvalue weighted by Crippen LogP contribution is 2.26. The molecule has 0 radical (unpaired) electrons. The molecule has 0 bridgehead atoms. The monoisotopic (exact) mass is 350 g/mol. The first kappa shape index (κ1) is 17.5. The van der Waals surface area contributed by atoms with E-state index in [1.54, 1.807) is 6.92 Å². The van der Waals surface area contributed by atoms with Gasteiger partial charge in [0.15, 0.2) is 0 Å². The Bertz CT molecular complexity index is 755. The van der Waals surface area contributed by atoms with Gasteiger partial charge in [0, 0.05) is 18.2 Å². The predicted molar refractivity (Wildman–Crippen MR) is 86.7 cm³/mol. The number of nitrogens with zero attached hydrogens (tertiary/aromatic N) is 2. The van der Waals surface area contributed by atoms with Crippen LogP contribution < -0.4 is 0 Å². The zero-order valence-corrected chi connectivity index (χ0v) is 14.2. The van der Waals surface area contributed by atoms with Crippen molar-refractivity contribution in [3.8, 4) is 11.5 Å². The van der Waals surface area contributed by atoms with E-state index in [0.717, 1.165) is 31.9 Å². The van der Waals surface area contributed by atoms with E-state index in [-0.39, 0.29) is 23.5 Å². The molecule has 25 heavy (non-hydrogen) atoms. The summed E-state index contributed by atoms with van der Waals surface area (Å²) in [4.78, 5) is 18.4. The minimum absolute atomic E-state index is 0.164. The van der Waals surface area contributed by atoms with Gasteiger partial charge < -0.3 is 9.15 Å². The molecule has 7 heteroatoms. The lowest BCUT2D eigenvalue weighted by Crippen LogP contribution is -2.44. The summed E-state index contributed by atoms with van der Waals surface area (Å²) in [7, 11) is 1.38. The molecular formula is C18H20F2N2O3. The lowest BCUT2D eigenvalue weighted by molar-refractivity contribution is -0.148. The highest BCUT2D eigenvalue weighted by atomic mass is 19.1. The van der Waals surface area contributed by atoms with Crippen LogP contribution >= 0.6 is 0 Å². The van der Waals surface area contributed by atoms with Crippen LogP contribution in [-0.4, -0.2) is 35.5 Å². The van der Waals surface area contributed by atoms with Crippen LogP contribution in [0, 0.1) is 18.6 Å². The lowest BCUT2D eigenvalue weighted by atomic mass is 10.0. The number of esters is 1. The summed E-state index contributed by atoms with van der Waals surface area (Å²) < 4.78 is 37.3. The van der Waals surface area contributed by atoms with Crippen molar-refractivity contribution in [2.75, 3.05) is 13.7 Å². The predicted octanol–water partition coefficient (Wildman–Crippen LogP) is 3.46. The number of likely N-dealkylation sites (tertiary alicyclic amines) is 1. The van der Waals surface area contributed by atoms with Crippen molar-refractivity contribution >= 4 is 5.97 Å². The number of aryl methyl sites for hydroxylation is 1. The number of piperidine rings is 1. The standard InChI is InChI=1S/C18H20F2N2O3/c1-11-15(10-22-6-4-3-5-16(22)18(23)24-2)21-17(25-11)12-7-13(19)9-14(20)8-12/h7-9,16H,3-6,10H2,1-2H3/t16-/m1/s1. The Hall–Kier alpha value is -2.28. The molecule has 1 aromatic carbocycles. The quantitative estimate of drug-likeness (QED) is 0.791. The number of halogens is 2. The molecule has 0 aliphatic carbocycles. The van der Waals surface area contributed by atoms with Crippen LogP contribution in [-0.2, 0) is 16.1 Å². The zero-order chi connectivity index (χ0) is 18.0. The third-order valence-electron chi connectivity index (χ3n) is 4.44. The smallest absolute Gasteiger partial charge is 0.323 e. The largest absolute Gasteiger partial charge is 0.468 e. The third-order valence-corrected chi connectivity index (χ3v) is 4.44. The van der Waals surface area contributed by atoms with Crippen LogP contribution in [0.2, 0.25) is 0 Å². The Morgan fingerprint density at radius 1 is 1.32 bits per heavy atom. The minimum atomic E-state index is -0.686. The molecule has 134 valence electrons. The topological polar surface area (TPSA) is 55.6 Å². The van der Waals surface area contributed by atoms with E-state index in [0.29, 0.717) is 18.0 Å². The van der Waals surface area contributed by atoms with E-state index >= 15 is 0 Å². The van der Waals surface area contributed by atoms with E-state index in [1.165, 1.54) is 19.2 Å². The second kappa shape index (κ2) is 7.31. The molecule has 0 amide bonds. The van der Waals surface area contributed by atoms with Crippen LogP contribution in [0.4, 0.5) is 8.78 Å². The summed E-state index contributed by atoms with van der Waals surface area (Å²) in [5.74, 6) is -0.900. The summed E-state index contributed by atoms with van der Waals surface area (Å²) in [5.41, 5.74) is 0.894. The summed E-state index contributed by atoms with van der Waals surface area (Å²) >= 11 is 0. The fraction of sp³-hybridized carbons (Fsp3) is 0.444.